The number of fused-ring (bicyclic) bond motifs is 1. The predicted octanol–water partition coefficient (Wildman–Crippen LogP) is 4.28. The summed E-state index contributed by atoms with van der Waals surface area (Å²) in [5, 5.41) is 11.6. The fourth-order valence-corrected chi connectivity index (χ4v) is 4.46. The first-order valence-corrected chi connectivity index (χ1v) is 11.4. The summed E-state index contributed by atoms with van der Waals surface area (Å²) in [7, 11) is 1.66. The minimum absolute atomic E-state index is 0.0283. The summed E-state index contributed by atoms with van der Waals surface area (Å²) in [6.07, 6.45) is 3.45. The number of nitrogens with zero attached hydrogens (tertiary/aromatic N) is 5. The summed E-state index contributed by atoms with van der Waals surface area (Å²) in [4.78, 5) is 19.1. The third-order valence-electron chi connectivity index (χ3n) is 5.17. The number of rotatable bonds is 9. The molecule has 1 amide bonds. The molecule has 0 aliphatic heterocycles. The fourth-order valence-electron chi connectivity index (χ4n) is 3.62. The lowest BCUT2D eigenvalue weighted by Crippen LogP contribution is -2.32. The molecule has 0 bridgehead atoms. The molecule has 0 aliphatic carbocycles. The zero-order valence-electron chi connectivity index (χ0n) is 18.1. The van der Waals surface area contributed by atoms with Crippen molar-refractivity contribution in [3.05, 3.63) is 67.0 Å². The Labute approximate surface area is 191 Å². The van der Waals surface area contributed by atoms with Gasteiger partial charge in [0.25, 0.3) is 0 Å². The van der Waals surface area contributed by atoms with Crippen LogP contribution in [0.15, 0.2) is 72.1 Å². The number of ether oxygens (including phenoxy) is 1. The standard InChI is InChI=1S/C24H25N5O2S/c1-3-28(21-10-6-8-18-7-4-5-9-20(18)21)22(30)17-32-24-27-26-23(29(24)15-16-31-2)19-11-13-25-14-12-19/h4-14H,3,15-17H2,1-2H3. The van der Waals surface area contributed by atoms with E-state index in [2.05, 4.69) is 33.4 Å². The van der Waals surface area contributed by atoms with Gasteiger partial charge in [0.05, 0.1) is 24.6 Å². The van der Waals surface area contributed by atoms with Crippen LogP contribution < -0.4 is 4.90 Å². The number of methoxy groups -OCH3 is 1. The van der Waals surface area contributed by atoms with Gasteiger partial charge in [-0.05, 0) is 30.5 Å². The molecule has 0 N–H and O–H groups in total. The summed E-state index contributed by atoms with van der Waals surface area (Å²) in [5.74, 6) is 1.03. The smallest absolute Gasteiger partial charge is 0.237 e. The molecule has 0 fully saturated rings. The zero-order valence-corrected chi connectivity index (χ0v) is 19.0. The number of anilines is 1. The molecule has 2 heterocycles. The van der Waals surface area contributed by atoms with E-state index >= 15 is 0 Å². The van der Waals surface area contributed by atoms with Crippen molar-refractivity contribution in [2.24, 2.45) is 0 Å². The Morgan fingerprint density at radius 3 is 2.62 bits per heavy atom. The molecule has 0 atom stereocenters. The summed E-state index contributed by atoms with van der Waals surface area (Å²) < 4.78 is 7.26. The number of hydrogen-bond acceptors (Lipinski definition) is 6. The highest BCUT2D eigenvalue weighted by atomic mass is 32.2. The van der Waals surface area contributed by atoms with Crippen LogP contribution in [-0.4, -0.2) is 51.7 Å². The predicted molar refractivity (Wildman–Crippen MR) is 128 cm³/mol. The van der Waals surface area contributed by atoms with Crippen LogP contribution in [0.5, 0.6) is 0 Å². The molecule has 7 nitrogen and oxygen atoms in total. The third kappa shape index (κ3) is 4.66. The van der Waals surface area contributed by atoms with Crippen molar-refractivity contribution >= 4 is 34.1 Å². The van der Waals surface area contributed by atoms with Crippen molar-refractivity contribution in [2.45, 2.75) is 18.6 Å². The number of pyridine rings is 1. The van der Waals surface area contributed by atoms with Crippen molar-refractivity contribution in [3.8, 4) is 11.4 Å². The van der Waals surface area contributed by atoms with Gasteiger partial charge in [0.2, 0.25) is 5.91 Å². The van der Waals surface area contributed by atoms with Gasteiger partial charge in [-0.3, -0.25) is 14.3 Å². The van der Waals surface area contributed by atoms with E-state index in [0.717, 1.165) is 27.8 Å². The van der Waals surface area contributed by atoms with E-state index in [1.165, 1.54) is 11.8 Å². The zero-order chi connectivity index (χ0) is 22.3. The van der Waals surface area contributed by atoms with Crippen LogP contribution >= 0.6 is 11.8 Å². The molecule has 0 unspecified atom stereocenters. The van der Waals surface area contributed by atoms with Crippen molar-refractivity contribution in [1.82, 2.24) is 19.7 Å². The Morgan fingerprint density at radius 2 is 1.84 bits per heavy atom. The molecule has 4 rings (SSSR count). The number of benzene rings is 2. The molecule has 164 valence electrons. The van der Waals surface area contributed by atoms with Crippen LogP contribution in [0.2, 0.25) is 0 Å². The van der Waals surface area contributed by atoms with E-state index in [0.29, 0.717) is 24.9 Å². The maximum atomic E-state index is 13.2. The largest absolute Gasteiger partial charge is 0.383 e. The number of carbonyl (C=O) groups excluding carboxylic acids is 1. The van der Waals surface area contributed by atoms with Crippen molar-refractivity contribution in [3.63, 3.8) is 0 Å². The molecule has 2 aromatic heterocycles. The van der Waals surface area contributed by atoms with Gasteiger partial charge in [-0.1, -0.05) is 48.2 Å². The maximum absolute atomic E-state index is 13.2. The average Bonchev–Trinajstić information content (AvgIpc) is 3.25. The monoisotopic (exact) mass is 447 g/mol. The topological polar surface area (TPSA) is 73.1 Å². The lowest BCUT2D eigenvalue weighted by atomic mass is 10.1. The van der Waals surface area contributed by atoms with Crippen molar-refractivity contribution in [1.29, 1.82) is 0 Å². The van der Waals surface area contributed by atoms with Gasteiger partial charge in [-0.15, -0.1) is 10.2 Å². The second-order valence-corrected chi connectivity index (χ2v) is 8.05. The van der Waals surface area contributed by atoms with Crippen molar-refractivity contribution < 1.29 is 9.53 Å². The first kappa shape index (κ1) is 22.0. The van der Waals surface area contributed by atoms with E-state index in [1.54, 1.807) is 19.5 Å². The van der Waals surface area contributed by atoms with Gasteiger partial charge in [0.1, 0.15) is 0 Å². The summed E-state index contributed by atoms with van der Waals surface area (Å²) in [6, 6.07) is 18.0. The fraction of sp³-hybridized carbons (Fsp3) is 0.250. The second kappa shape index (κ2) is 10.4. The summed E-state index contributed by atoms with van der Waals surface area (Å²) >= 11 is 1.39. The lowest BCUT2D eigenvalue weighted by Gasteiger charge is -2.22. The van der Waals surface area contributed by atoms with Gasteiger partial charge in [-0.2, -0.15) is 0 Å². The Bertz CT molecular complexity index is 1190. The minimum atomic E-state index is 0.0283. The Morgan fingerprint density at radius 1 is 1.06 bits per heavy atom. The SMILES string of the molecule is CCN(C(=O)CSc1nnc(-c2ccncc2)n1CCOC)c1cccc2ccccc12. The van der Waals surface area contributed by atoms with E-state index in [-0.39, 0.29) is 11.7 Å². The van der Waals surface area contributed by atoms with Crippen LogP contribution in [0.4, 0.5) is 5.69 Å². The van der Waals surface area contributed by atoms with Crippen LogP contribution in [-0.2, 0) is 16.1 Å². The van der Waals surface area contributed by atoms with Crippen LogP contribution in [0.25, 0.3) is 22.2 Å². The minimum Gasteiger partial charge on any atom is -0.383 e. The Kier molecular flexibility index (Phi) is 7.14. The number of amides is 1. The molecule has 0 saturated heterocycles. The van der Waals surface area contributed by atoms with Gasteiger partial charge in [-0.25, -0.2) is 0 Å². The number of aromatic nitrogens is 4. The van der Waals surface area contributed by atoms with Gasteiger partial charge in [0.15, 0.2) is 11.0 Å². The third-order valence-corrected chi connectivity index (χ3v) is 6.13. The number of hydrogen-bond donors (Lipinski definition) is 0. The molecule has 0 aliphatic rings. The Balaban J connectivity index is 1.56. The Hall–Kier alpha value is -3.23. The van der Waals surface area contributed by atoms with Gasteiger partial charge in [0, 0.05) is 37.0 Å². The number of thioether (sulfide) groups is 1. The summed E-state index contributed by atoms with van der Waals surface area (Å²) in [5.41, 5.74) is 1.85. The van der Waals surface area contributed by atoms with Crippen LogP contribution in [0, 0.1) is 0 Å². The molecule has 4 aromatic rings. The number of carbonyl (C=O) groups is 1. The first-order valence-electron chi connectivity index (χ1n) is 10.5. The summed E-state index contributed by atoms with van der Waals surface area (Å²) in [6.45, 7) is 3.70. The van der Waals surface area contributed by atoms with Gasteiger partial charge < -0.3 is 9.64 Å². The molecule has 0 radical (unpaired) electrons. The first-order chi connectivity index (χ1) is 15.7. The van der Waals surface area contributed by atoms with E-state index in [4.69, 9.17) is 4.74 Å². The highest BCUT2D eigenvalue weighted by Gasteiger charge is 2.20. The maximum Gasteiger partial charge on any atom is 0.237 e. The average molecular weight is 448 g/mol. The lowest BCUT2D eigenvalue weighted by molar-refractivity contribution is -0.116. The highest BCUT2D eigenvalue weighted by molar-refractivity contribution is 7.99. The van der Waals surface area contributed by atoms with Crippen LogP contribution in [0.1, 0.15) is 6.92 Å². The van der Waals surface area contributed by atoms with Crippen LogP contribution in [0.3, 0.4) is 0 Å². The molecule has 0 saturated carbocycles. The molecular weight excluding hydrogens is 422 g/mol. The molecule has 2 aromatic carbocycles. The van der Waals surface area contributed by atoms with Gasteiger partial charge >= 0.3 is 0 Å². The normalized spacial score (nSPS) is 11.1. The van der Waals surface area contributed by atoms with E-state index < -0.39 is 0 Å². The van der Waals surface area contributed by atoms with E-state index in [9.17, 15) is 4.79 Å². The van der Waals surface area contributed by atoms with E-state index in [1.807, 2.05) is 52.8 Å². The molecule has 0 spiro atoms. The highest BCUT2D eigenvalue weighted by Crippen LogP contribution is 2.28. The molecule has 32 heavy (non-hydrogen) atoms. The quantitative estimate of drug-likeness (QED) is 0.357. The second-order valence-electron chi connectivity index (χ2n) is 7.11. The van der Waals surface area contributed by atoms with Crippen molar-refractivity contribution in [2.75, 3.05) is 30.9 Å². The molecule has 8 heteroatoms. The molecular formula is C24H25N5O2S.